The molecule has 2 N–H and O–H groups in total. The summed E-state index contributed by atoms with van der Waals surface area (Å²) < 4.78 is 10.8. The highest BCUT2D eigenvalue weighted by molar-refractivity contribution is 7.16. The van der Waals surface area contributed by atoms with Crippen molar-refractivity contribution in [1.29, 1.82) is 0 Å². The Kier molecular flexibility index (Phi) is 9.68. The first-order chi connectivity index (χ1) is 17.6. The molecule has 0 aliphatic heterocycles. The second kappa shape index (κ2) is 12.7. The van der Waals surface area contributed by atoms with Gasteiger partial charge in [-0.05, 0) is 69.7 Å². The van der Waals surface area contributed by atoms with E-state index in [1.807, 2.05) is 13.8 Å². The molecular weight excluding hydrogens is 537 g/mol. The molecule has 11 heteroatoms. The van der Waals surface area contributed by atoms with Gasteiger partial charge in [0.25, 0.3) is 11.8 Å². The first-order valence-electron chi connectivity index (χ1n) is 11.2. The minimum absolute atomic E-state index is 0.238. The maximum absolute atomic E-state index is 12.8. The third-order valence-electron chi connectivity index (χ3n) is 5.23. The van der Waals surface area contributed by atoms with Crippen LogP contribution in [-0.2, 0) is 9.53 Å². The van der Waals surface area contributed by atoms with Crippen molar-refractivity contribution in [2.24, 2.45) is 5.10 Å². The fourth-order valence-electron chi connectivity index (χ4n) is 3.14. The van der Waals surface area contributed by atoms with Gasteiger partial charge >= 0.3 is 5.97 Å². The lowest BCUT2D eigenvalue weighted by molar-refractivity contribution is -0.127. The number of hydrazone groups is 1. The Morgan fingerprint density at radius 3 is 2.46 bits per heavy atom. The Morgan fingerprint density at radius 2 is 1.81 bits per heavy atom. The van der Waals surface area contributed by atoms with Crippen LogP contribution in [-0.4, -0.2) is 36.7 Å². The van der Waals surface area contributed by atoms with E-state index in [-0.39, 0.29) is 12.5 Å². The SMILES string of the molecule is CCOC(=O)c1c(NC(=O)c2ccc(OC(C)C(=O)N/N=C/c3ccc(Cl)cc3Cl)cc2)sc(C)c1C. The number of rotatable bonds is 9. The van der Waals surface area contributed by atoms with Gasteiger partial charge in [-0.25, -0.2) is 10.2 Å². The van der Waals surface area contributed by atoms with E-state index in [0.29, 0.717) is 37.5 Å². The second-order valence-electron chi connectivity index (χ2n) is 7.85. The van der Waals surface area contributed by atoms with Crippen LogP contribution < -0.4 is 15.5 Å². The maximum Gasteiger partial charge on any atom is 0.341 e. The zero-order valence-corrected chi connectivity index (χ0v) is 22.9. The fraction of sp³-hybridized carbons (Fsp3) is 0.231. The van der Waals surface area contributed by atoms with Gasteiger partial charge in [-0.1, -0.05) is 29.3 Å². The van der Waals surface area contributed by atoms with Gasteiger partial charge in [0.15, 0.2) is 6.10 Å². The molecule has 0 bridgehead atoms. The topological polar surface area (TPSA) is 106 Å². The average molecular weight is 562 g/mol. The number of halogens is 2. The summed E-state index contributed by atoms with van der Waals surface area (Å²) in [6.45, 7) is 7.22. The molecule has 2 amide bonds. The molecule has 0 spiro atoms. The van der Waals surface area contributed by atoms with Gasteiger partial charge in [0, 0.05) is 21.0 Å². The van der Waals surface area contributed by atoms with Gasteiger partial charge < -0.3 is 14.8 Å². The normalized spacial score (nSPS) is 11.7. The molecule has 0 saturated carbocycles. The van der Waals surface area contributed by atoms with Crippen LogP contribution in [0.5, 0.6) is 5.75 Å². The van der Waals surface area contributed by atoms with Crippen molar-refractivity contribution in [3.63, 3.8) is 0 Å². The van der Waals surface area contributed by atoms with Gasteiger partial charge in [-0.3, -0.25) is 9.59 Å². The van der Waals surface area contributed by atoms with Crippen molar-refractivity contribution in [1.82, 2.24) is 5.43 Å². The van der Waals surface area contributed by atoms with Crippen molar-refractivity contribution >= 4 is 63.5 Å². The molecule has 1 heterocycles. The van der Waals surface area contributed by atoms with Gasteiger partial charge in [0.2, 0.25) is 0 Å². The third kappa shape index (κ3) is 7.31. The fourth-order valence-corrected chi connectivity index (χ4v) is 4.65. The number of carbonyl (C=O) groups excluding carboxylic acids is 3. The lowest BCUT2D eigenvalue weighted by Crippen LogP contribution is -2.33. The molecular formula is C26H25Cl2N3O5S. The van der Waals surface area contributed by atoms with Crippen molar-refractivity contribution in [2.45, 2.75) is 33.8 Å². The molecule has 194 valence electrons. The lowest BCUT2D eigenvalue weighted by Gasteiger charge is -2.13. The highest BCUT2D eigenvalue weighted by Gasteiger charge is 2.22. The Balaban J connectivity index is 1.59. The van der Waals surface area contributed by atoms with Crippen molar-refractivity contribution < 1.29 is 23.9 Å². The molecule has 0 fully saturated rings. The van der Waals surface area contributed by atoms with Crippen molar-refractivity contribution in [3.8, 4) is 5.75 Å². The van der Waals surface area contributed by atoms with Crippen LogP contribution in [0.15, 0.2) is 47.6 Å². The number of aryl methyl sites for hydroxylation is 1. The lowest BCUT2D eigenvalue weighted by atomic mass is 10.1. The molecule has 0 aliphatic rings. The van der Waals surface area contributed by atoms with E-state index >= 15 is 0 Å². The van der Waals surface area contributed by atoms with Crippen LogP contribution in [0, 0.1) is 13.8 Å². The molecule has 3 rings (SSSR count). The van der Waals surface area contributed by atoms with Crippen LogP contribution in [0.25, 0.3) is 0 Å². The Morgan fingerprint density at radius 1 is 1.11 bits per heavy atom. The number of hydrogen-bond acceptors (Lipinski definition) is 7. The number of amides is 2. The van der Waals surface area contributed by atoms with Crippen LogP contribution in [0.4, 0.5) is 5.00 Å². The third-order valence-corrected chi connectivity index (χ3v) is 6.92. The number of ether oxygens (including phenoxy) is 2. The Labute approximate surface area is 228 Å². The minimum atomic E-state index is -0.860. The summed E-state index contributed by atoms with van der Waals surface area (Å²) in [4.78, 5) is 38.4. The molecule has 3 aromatic rings. The zero-order valence-electron chi connectivity index (χ0n) is 20.6. The minimum Gasteiger partial charge on any atom is -0.481 e. The molecule has 1 aromatic heterocycles. The number of benzene rings is 2. The molecule has 37 heavy (non-hydrogen) atoms. The first-order valence-corrected chi connectivity index (χ1v) is 12.8. The van der Waals surface area contributed by atoms with Gasteiger partial charge in [0.1, 0.15) is 10.8 Å². The van der Waals surface area contributed by atoms with Gasteiger partial charge in [-0.2, -0.15) is 5.10 Å². The summed E-state index contributed by atoms with van der Waals surface area (Å²) in [6.07, 6.45) is 0.544. The summed E-state index contributed by atoms with van der Waals surface area (Å²) in [5.41, 5.74) is 4.47. The number of thiophene rings is 1. The average Bonchev–Trinajstić information content (AvgIpc) is 3.13. The predicted molar refractivity (Wildman–Crippen MR) is 146 cm³/mol. The predicted octanol–water partition coefficient (Wildman–Crippen LogP) is 6.02. The molecule has 1 unspecified atom stereocenters. The van der Waals surface area contributed by atoms with Gasteiger partial charge in [-0.15, -0.1) is 11.3 Å². The Bertz CT molecular complexity index is 1340. The summed E-state index contributed by atoms with van der Waals surface area (Å²) in [5, 5.41) is 8.02. The largest absolute Gasteiger partial charge is 0.481 e. The van der Waals surface area contributed by atoms with E-state index in [9.17, 15) is 14.4 Å². The first kappa shape index (κ1) is 28.2. The highest BCUT2D eigenvalue weighted by atomic mass is 35.5. The van der Waals surface area contributed by atoms with E-state index in [1.54, 1.807) is 56.3 Å². The van der Waals surface area contributed by atoms with E-state index in [4.69, 9.17) is 32.7 Å². The molecule has 1 atom stereocenters. The van der Waals surface area contributed by atoms with E-state index < -0.39 is 18.0 Å². The molecule has 0 aliphatic carbocycles. The second-order valence-corrected chi connectivity index (χ2v) is 9.91. The highest BCUT2D eigenvalue weighted by Crippen LogP contribution is 2.33. The zero-order chi connectivity index (χ0) is 27.1. The number of carbonyl (C=O) groups is 3. The van der Waals surface area contributed by atoms with Crippen LogP contribution in [0.3, 0.4) is 0 Å². The summed E-state index contributed by atoms with van der Waals surface area (Å²) in [5.74, 6) is -0.951. The number of esters is 1. The van der Waals surface area contributed by atoms with Crippen LogP contribution in [0.2, 0.25) is 10.0 Å². The molecule has 2 aromatic carbocycles. The molecule has 0 saturated heterocycles. The standard InChI is InChI=1S/C26H25Cl2N3O5S/c1-5-35-26(34)22-14(2)16(4)37-25(22)30-24(33)17-7-10-20(11-8-17)36-15(3)23(32)31-29-13-18-6-9-19(27)12-21(18)28/h6-13,15H,5H2,1-4H3,(H,30,33)(H,31,32)/b29-13+. The maximum atomic E-state index is 12.8. The van der Waals surface area contributed by atoms with E-state index in [2.05, 4.69) is 15.8 Å². The van der Waals surface area contributed by atoms with Crippen molar-refractivity contribution in [2.75, 3.05) is 11.9 Å². The quantitative estimate of drug-likeness (QED) is 0.189. The van der Waals surface area contributed by atoms with E-state index in [0.717, 1.165) is 10.4 Å². The monoisotopic (exact) mass is 561 g/mol. The van der Waals surface area contributed by atoms with Crippen LogP contribution in [0.1, 0.15) is 50.6 Å². The van der Waals surface area contributed by atoms with Crippen LogP contribution >= 0.6 is 34.5 Å². The smallest absolute Gasteiger partial charge is 0.341 e. The van der Waals surface area contributed by atoms with Crippen molar-refractivity contribution in [3.05, 3.63) is 79.6 Å². The number of nitrogens with zero attached hydrogens (tertiary/aromatic N) is 1. The number of hydrogen-bond donors (Lipinski definition) is 2. The Hall–Kier alpha value is -3.40. The van der Waals surface area contributed by atoms with E-state index in [1.165, 1.54) is 17.6 Å². The summed E-state index contributed by atoms with van der Waals surface area (Å²) in [7, 11) is 0. The number of anilines is 1. The molecule has 8 nitrogen and oxygen atoms in total. The number of nitrogens with one attached hydrogen (secondary N) is 2. The molecule has 0 radical (unpaired) electrons. The van der Waals surface area contributed by atoms with Gasteiger partial charge in [0.05, 0.1) is 23.4 Å². The summed E-state index contributed by atoms with van der Waals surface area (Å²) in [6, 6.07) is 11.2. The summed E-state index contributed by atoms with van der Waals surface area (Å²) >= 11 is 13.3.